The van der Waals surface area contributed by atoms with Crippen LogP contribution in [0.3, 0.4) is 0 Å². The Hall–Kier alpha value is -0.590. The van der Waals surface area contributed by atoms with Crippen molar-refractivity contribution in [3.63, 3.8) is 0 Å². The lowest BCUT2D eigenvalue weighted by Crippen LogP contribution is -2.53. The van der Waals surface area contributed by atoms with Crippen LogP contribution in [0.1, 0.15) is 33.1 Å². The van der Waals surface area contributed by atoms with Gasteiger partial charge in [-0.1, -0.05) is 6.92 Å². The Morgan fingerprint density at radius 3 is 2.62 bits per heavy atom. The Morgan fingerprint density at radius 2 is 2.23 bits per heavy atom. The van der Waals surface area contributed by atoms with E-state index in [1.54, 1.807) is 0 Å². The van der Waals surface area contributed by atoms with E-state index in [0.717, 1.165) is 0 Å². The van der Waals surface area contributed by atoms with Gasteiger partial charge in [-0.15, -0.1) is 0 Å². The van der Waals surface area contributed by atoms with Gasteiger partial charge in [0.1, 0.15) is 0 Å². The quantitative estimate of drug-likeness (QED) is 0.718. The summed E-state index contributed by atoms with van der Waals surface area (Å²) in [6.45, 7) is 4.56. The second kappa shape index (κ2) is 4.08. The van der Waals surface area contributed by atoms with Crippen LogP contribution in [0.25, 0.3) is 0 Å². The molecule has 1 rings (SSSR count). The second-order valence-corrected chi connectivity index (χ2v) is 3.68. The molecular weight excluding hydrogens is 166 g/mol. The fraction of sp³-hybridized carbons (Fsp3) is 0.900. The first-order chi connectivity index (χ1) is 6.16. The fourth-order valence-electron chi connectivity index (χ4n) is 1.96. The molecule has 0 amide bonds. The van der Waals surface area contributed by atoms with E-state index in [9.17, 15) is 5.11 Å². The van der Waals surface area contributed by atoms with Gasteiger partial charge in [0, 0.05) is 19.4 Å². The molecule has 1 saturated carbocycles. The van der Waals surface area contributed by atoms with Gasteiger partial charge in [0.15, 0.2) is 0 Å². The zero-order valence-corrected chi connectivity index (χ0v) is 8.29. The third kappa shape index (κ3) is 2.01. The molecule has 0 aromatic heterocycles. The van der Waals surface area contributed by atoms with Crippen LogP contribution < -0.4 is 0 Å². The van der Waals surface area contributed by atoms with Gasteiger partial charge in [0.25, 0.3) is 0 Å². The first-order valence-corrected chi connectivity index (χ1v) is 4.90. The Kier molecular flexibility index (Phi) is 3.29. The summed E-state index contributed by atoms with van der Waals surface area (Å²) in [6.07, 6.45) is 2.11. The van der Waals surface area contributed by atoms with E-state index in [0.29, 0.717) is 25.9 Å². The monoisotopic (exact) mass is 183 g/mol. The highest BCUT2D eigenvalue weighted by Crippen LogP contribution is 2.41. The highest BCUT2D eigenvalue weighted by Gasteiger charge is 2.48. The number of ether oxygens (including phenoxy) is 1. The Balaban J connectivity index is 2.41. The maximum atomic E-state index is 9.96. The summed E-state index contributed by atoms with van der Waals surface area (Å²) in [5.41, 5.74) is -0.774. The minimum atomic E-state index is -0.774. The zero-order chi connectivity index (χ0) is 9.90. The van der Waals surface area contributed by atoms with E-state index < -0.39 is 5.60 Å². The van der Waals surface area contributed by atoms with Crippen molar-refractivity contribution in [2.24, 2.45) is 5.92 Å². The summed E-state index contributed by atoms with van der Waals surface area (Å²) in [5.74, 6) is -0.232. The molecule has 1 unspecified atom stereocenters. The van der Waals surface area contributed by atoms with E-state index in [4.69, 9.17) is 10.00 Å². The summed E-state index contributed by atoms with van der Waals surface area (Å²) in [4.78, 5) is 0. The lowest BCUT2D eigenvalue weighted by Gasteiger charge is -2.45. The van der Waals surface area contributed by atoms with Crippen LogP contribution in [-0.4, -0.2) is 23.4 Å². The van der Waals surface area contributed by atoms with Gasteiger partial charge in [-0.2, -0.15) is 5.26 Å². The lowest BCUT2D eigenvalue weighted by molar-refractivity contribution is -0.156. The Bertz CT molecular complexity index is 203. The number of nitriles is 1. The van der Waals surface area contributed by atoms with Gasteiger partial charge in [0.2, 0.25) is 0 Å². The molecule has 0 aliphatic heterocycles. The smallest absolute Gasteiger partial charge is 0.0854 e. The maximum absolute atomic E-state index is 9.96. The molecule has 0 heterocycles. The molecule has 0 bridgehead atoms. The van der Waals surface area contributed by atoms with Gasteiger partial charge in [-0.05, 0) is 13.3 Å². The fourth-order valence-corrected chi connectivity index (χ4v) is 1.96. The van der Waals surface area contributed by atoms with E-state index in [1.165, 1.54) is 0 Å². The number of hydrogen-bond donors (Lipinski definition) is 1. The largest absolute Gasteiger partial charge is 0.388 e. The highest BCUT2D eigenvalue weighted by molar-refractivity contribution is 5.06. The molecule has 0 aromatic carbocycles. The summed E-state index contributed by atoms with van der Waals surface area (Å²) in [7, 11) is 0. The Morgan fingerprint density at radius 1 is 1.62 bits per heavy atom. The van der Waals surface area contributed by atoms with Gasteiger partial charge in [-0.25, -0.2) is 0 Å². The van der Waals surface area contributed by atoms with Crippen LogP contribution in [0.2, 0.25) is 0 Å². The minimum absolute atomic E-state index is 0.164. The van der Waals surface area contributed by atoms with Crippen LogP contribution in [0.4, 0.5) is 0 Å². The summed E-state index contributed by atoms with van der Waals surface area (Å²) in [5, 5.41) is 18.8. The average Bonchev–Trinajstić information content (AvgIpc) is 2.04. The van der Waals surface area contributed by atoms with Crippen molar-refractivity contribution in [1.29, 1.82) is 5.26 Å². The van der Waals surface area contributed by atoms with Crippen molar-refractivity contribution in [3.05, 3.63) is 0 Å². The molecule has 1 atom stereocenters. The first kappa shape index (κ1) is 10.5. The molecule has 1 fully saturated rings. The first-order valence-electron chi connectivity index (χ1n) is 4.90. The van der Waals surface area contributed by atoms with Crippen molar-refractivity contribution >= 4 is 0 Å². The third-order valence-corrected chi connectivity index (χ3v) is 2.78. The molecule has 1 aliphatic carbocycles. The molecule has 3 nitrogen and oxygen atoms in total. The molecule has 1 N–H and O–H groups in total. The standard InChI is InChI=1S/C10H17NO2/c1-3-8(7-11)10(12)5-9(6-10)13-4-2/h8-9,12H,3-6H2,1-2H3. The Labute approximate surface area is 79.3 Å². The number of aliphatic hydroxyl groups is 1. The summed E-state index contributed by atoms with van der Waals surface area (Å²) < 4.78 is 5.34. The molecule has 0 spiro atoms. The minimum Gasteiger partial charge on any atom is -0.388 e. The van der Waals surface area contributed by atoms with Crippen LogP contribution in [0.15, 0.2) is 0 Å². The van der Waals surface area contributed by atoms with Crippen molar-refractivity contribution in [2.75, 3.05) is 6.61 Å². The molecular formula is C10H17NO2. The number of hydrogen-bond acceptors (Lipinski definition) is 3. The maximum Gasteiger partial charge on any atom is 0.0854 e. The second-order valence-electron chi connectivity index (χ2n) is 3.68. The predicted molar refractivity (Wildman–Crippen MR) is 49.0 cm³/mol. The molecule has 1 aliphatic rings. The van der Waals surface area contributed by atoms with Crippen molar-refractivity contribution in [3.8, 4) is 6.07 Å². The SMILES string of the molecule is CCOC1CC(O)(C(C#N)CC)C1. The highest BCUT2D eigenvalue weighted by atomic mass is 16.5. The molecule has 13 heavy (non-hydrogen) atoms. The summed E-state index contributed by atoms with van der Waals surface area (Å²) in [6, 6.07) is 2.15. The molecule has 3 heteroatoms. The average molecular weight is 183 g/mol. The summed E-state index contributed by atoms with van der Waals surface area (Å²) >= 11 is 0. The lowest BCUT2D eigenvalue weighted by atomic mass is 9.69. The van der Waals surface area contributed by atoms with E-state index in [-0.39, 0.29) is 12.0 Å². The molecule has 0 saturated heterocycles. The van der Waals surface area contributed by atoms with E-state index in [2.05, 4.69) is 6.07 Å². The molecule has 0 aromatic rings. The van der Waals surface area contributed by atoms with Gasteiger partial charge < -0.3 is 9.84 Å². The van der Waals surface area contributed by atoms with E-state index in [1.807, 2.05) is 13.8 Å². The normalized spacial score (nSPS) is 34.8. The number of rotatable bonds is 4. The van der Waals surface area contributed by atoms with Crippen molar-refractivity contribution < 1.29 is 9.84 Å². The third-order valence-electron chi connectivity index (χ3n) is 2.78. The van der Waals surface area contributed by atoms with Gasteiger partial charge in [-0.3, -0.25) is 0 Å². The topological polar surface area (TPSA) is 53.2 Å². The van der Waals surface area contributed by atoms with Crippen LogP contribution >= 0.6 is 0 Å². The van der Waals surface area contributed by atoms with Gasteiger partial charge in [0.05, 0.1) is 23.7 Å². The van der Waals surface area contributed by atoms with Crippen molar-refractivity contribution in [1.82, 2.24) is 0 Å². The van der Waals surface area contributed by atoms with Crippen LogP contribution in [0.5, 0.6) is 0 Å². The van der Waals surface area contributed by atoms with Gasteiger partial charge >= 0.3 is 0 Å². The molecule has 0 radical (unpaired) electrons. The van der Waals surface area contributed by atoms with Crippen LogP contribution in [-0.2, 0) is 4.74 Å². The molecule has 74 valence electrons. The van der Waals surface area contributed by atoms with Crippen molar-refractivity contribution in [2.45, 2.75) is 44.8 Å². The number of nitrogens with zero attached hydrogens (tertiary/aromatic N) is 1. The van der Waals surface area contributed by atoms with Crippen LogP contribution in [0, 0.1) is 17.2 Å². The van der Waals surface area contributed by atoms with E-state index >= 15 is 0 Å². The zero-order valence-electron chi connectivity index (χ0n) is 8.29. The predicted octanol–water partition coefficient (Wildman–Crippen LogP) is 1.47.